The molecule has 82 valence electrons. The average molecular weight is 205 g/mol. The Bertz CT molecular complexity index is 278. The van der Waals surface area contributed by atoms with Gasteiger partial charge in [-0.1, -0.05) is 30.3 Å². The van der Waals surface area contributed by atoms with Crippen molar-refractivity contribution in [3.8, 4) is 0 Å². The minimum atomic E-state index is 0.288. The predicted octanol–water partition coefficient (Wildman–Crippen LogP) is 1.86. The van der Waals surface area contributed by atoms with E-state index in [1.807, 2.05) is 0 Å². The molecule has 0 atom stereocenters. The Morgan fingerprint density at radius 2 is 1.80 bits per heavy atom. The van der Waals surface area contributed by atoms with E-state index >= 15 is 0 Å². The molecular weight excluding hydrogens is 186 g/mol. The number of hydrogen-bond donors (Lipinski definition) is 1. The second-order valence-corrected chi connectivity index (χ2v) is 4.25. The van der Waals surface area contributed by atoms with E-state index in [-0.39, 0.29) is 6.61 Å². The highest BCUT2D eigenvalue weighted by molar-refractivity contribution is 5.19. The van der Waals surface area contributed by atoms with Crippen molar-refractivity contribution in [1.82, 2.24) is 4.90 Å². The van der Waals surface area contributed by atoms with Crippen molar-refractivity contribution in [2.24, 2.45) is 0 Å². The van der Waals surface area contributed by atoms with Gasteiger partial charge < -0.3 is 10.0 Å². The quantitative estimate of drug-likeness (QED) is 0.814. The average Bonchev–Trinajstić information content (AvgIpc) is 2.32. The Balaban J connectivity index is 1.88. The maximum Gasteiger partial charge on any atom is 0.0558 e. The zero-order valence-electron chi connectivity index (χ0n) is 9.10. The molecule has 1 aromatic carbocycles. The van der Waals surface area contributed by atoms with Crippen LogP contribution in [0, 0.1) is 0 Å². The Labute approximate surface area is 91.5 Å². The van der Waals surface area contributed by atoms with Crippen LogP contribution >= 0.6 is 0 Å². The van der Waals surface area contributed by atoms with Crippen molar-refractivity contribution in [2.45, 2.75) is 18.8 Å². The van der Waals surface area contributed by atoms with Gasteiger partial charge in [0.1, 0.15) is 0 Å². The summed E-state index contributed by atoms with van der Waals surface area (Å²) in [6.45, 7) is 3.37. The minimum Gasteiger partial charge on any atom is -0.395 e. The first-order valence-corrected chi connectivity index (χ1v) is 5.78. The molecule has 1 aromatic rings. The molecule has 1 saturated heterocycles. The highest BCUT2D eigenvalue weighted by Gasteiger charge is 2.19. The summed E-state index contributed by atoms with van der Waals surface area (Å²) in [7, 11) is 0. The lowest BCUT2D eigenvalue weighted by Crippen LogP contribution is -2.34. The lowest BCUT2D eigenvalue weighted by Gasteiger charge is -2.31. The molecule has 1 aliphatic heterocycles. The predicted molar refractivity (Wildman–Crippen MR) is 61.9 cm³/mol. The number of benzene rings is 1. The van der Waals surface area contributed by atoms with E-state index in [4.69, 9.17) is 5.11 Å². The summed E-state index contributed by atoms with van der Waals surface area (Å²) in [6, 6.07) is 10.8. The summed E-state index contributed by atoms with van der Waals surface area (Å²) in [5, 5.41) is 8.86. The maximum atomic E-state index is 8.86. The first kappa shape index (κ1) is 10.7. The lowest BCUT2D eigenvalue weighted by atomic mass is 9.89. The molecule has 2 rings (SSSR count). The van der Waals surface area contributed by atoms with Gasteiger partial charge in [-0.15, -0.1) is 0 Å². The van der Waals surface area contributed by atoms with Gasteiger partial charge >= 0.3 is 0 Å². The van der Waals surface area contributed by atoms with Gasteiger partial charge in [-0.05, 0) is 37.4 Å². The van der Waals surface area contributed by atoms with Gasteiger partial charge in [0.2, 0.25) is 0 Å². The third kappa shape index (κ3) is 2.80. The van der Waals surface area contributed by atoms with Crippen molar-refractivity contribution in [3.63, 3.8) is 0 Å². The third-order valence-electron chi connectivity index (χ3n) is 3.27. The third-order valence-corrected chi connectivity index (χ3v) is 3.27. The monoisotopic (exact) mass is 205 g/mol. The van der Waals surface area contributed by atoms with E-state index in [1.165, 1.54) is 18.4 Å². The van der Waals surface area contributed by atoms with E-state index in [0.29, 0.717) is 0 Å². The van der Waals surface area contributed by atoms with Gasteiger partial charge in [-0.25, -0.2) is 0 Å². The van der Waals surface area contributed by atoms with Crippen LogP contribution in [0.1, 0.15) is 24.3 Å². The minimum absolute atomic E-state index is 0.288. The van der Waals surface area contributed by atoms with Crippen LogP contribution in [-0.2, 0) is 0 Å². The van der Waals surface area contributed by atoms with E-state index in [2.05, 4.69) is 35.2 Å². The molecule has 0 amide bonds. The summed E-state index contributed by atoms with van der Waals surface area (Å²) >= 11 is 0. The Hall–Kier alpha value is -0.860. The molecule has 0 saturated carbocycles. The van der Waals surface area contributed by atoms with Gasteiger partial charge in [0.15, 0.2) is 0 Å². The Kier molecular flexibility index (Phi) is 3.75. The van der Waals surface area contributed by atoms with Crippen LogP contribution in [0.4, 0.5) is 0 Å². The van der Waals surface area contributed by atoms with E-state index in [1.54, 1.807) is 0 Å². The molecule has 1 heterocycles. The number of piperidine rings is 1. The molecule has 0 spiro atoms. The molecular formula is C13H19NO. The molecule has 1 aliphatic rings. The SMILES string of the molecule is OCCN1CCC(c2ccccc2)CC1. The van der Waals surface area contributed by atoms with Crippen molar-refractivity contribution < 1.29 is 5.11 Å². The first-order valence-electron chi connectivity index (χ1n) is 5.78. The van der Waals surface area contributed by atoms with Crippen molar-refractivity contribution in [2.75, 3.05) is 26.2 Å². The van der Waals surface area contributed by atoms with Gasteiger partial charge in [-0.3, -0.25) is 0 Å². The molecule has 1 fully saturated rings. The van der Waals surface area contributed by atoms with Crippen molar-refractivity contribution in [3.05, 3.63) is 35.9 Å². The molecule has 0 unspecified atom stereocenters. The summed E-state index contributed by atoms with van der Waals surface area (Å²) in [4.78, 5) is 2.35. The molecule has 0 aromatic heterocycles. The highest BCUT2D eigenvalue weighted by Crippen LogP contribution is 2.27. The molecule has 0 bridgehead atoms. The maximum absolute atomic E-state index is 8.86. The lowest BCUT2D eigenvalue weighted by molar-refractivity contribution is 0.164. The highest BCUT2D eigenvalue weighted by atomic mass is 16.3. The number of rotatable bonds is 3. The smallest absolute Gasteiger partial charge is 0.0558 e. The van der Waals surface area contributed by atoms with Crippen LogP contribution < -0.4 is 0 Å². The summed E-state index contributed by atoms with van der Waals surface area (Å²) in [5.41, 5.74) is 1.47. The van der Waals surface area contributed by atoms with Crippen molar-refractivity contribution >= 4 is 0 Å². The number of β-amino-alcohol motifs (C(OH)–C–C–N with tert-alkyl or cyclic N) is 1. The van der Waals surface area contributed by atoms with Crippen LogP contribution in [0.3, 0.4) is 0 Å². The number of hydrogen-bond acceptors (Lipinski definition) is 2. The van der Waals surface area contributed by atoms with Gasteiger partial charge in [0.05, 0.1) is 6.61 Å². The Morgan fingerprint density at radius 1 is 1.13 bits per heavy atom. The second kappa shape index (κ2) is 5.29. The number of nitrogens with zero attached hydrogens (tertiary/aromatic N) is 1. The van der Waals surface area contributed by atoms with Crippen LogP contribution in [-0.4, -0.2) is 36.2 Å². The molecule has 1 N–H and O–H groups in total. The summed E-state index contributed by atoms with van der Waals surface area (Å²) in [6.07, 6.45) is 2.45. The van der Waals surface area contributed by atoms with Crippen LogP contribution in [0.25, 0.3) is 0 Å². The van der Waals surface area contributed by atoms with E-state index in [9.17, 15) is 0 Å². The van der Waals surface area contributed by atoms with Crippen LogP contribution in [0.15, 0.2) is 30.3 Å². The topological polar surface area (TPSA) is 23.5 Å². The number of likely N-dealkylation sites (tertiary alicyclic amines) is 1. The molecule has 0 aliphatic carbocycles. The molecule has 15 heavy (non-hydrogen) atoms. The van der Waals surface area contributed by atoms with Gasteiger partial charge in [0, 0.05) is 6.54 Å². The molecule has 2 heteroatoms. The van der Waals surface area contributed by atoms with Gasteiger partial charge in [0.25, 0.3) is 0 Å². The summed E-state index contributed by atoms with van der Waals surface area (Å²) < 4.78 is 0. The Morgan fingerprint density at radius 3 is 2.40 bits per heavy atom. The largest absolute Gasteiger partial charge is 0.395 e. The standard InChI is InChI=1S/C13H19NO/c15-11-10-14-8-6-13(7-9-14)12-4-2-1-3-5-12/h1-5,13,15H,6-11H2. The fraction of sp³-hybridized carbons (Fsp3) is 0.538. The van der Waals surface area contributed by atoms with Crippen LogP contribution in [0.2, 0.25) is 0 Å². The number of aliphatic hydroxyl groups is 1. The zero-order valence-corrected chi connectivity index (χ0v) is 9.10. The molecule has 2 nitrogen and oxygen atoms in total. The van der Waals surface area contributed by atoms with Crippen LogP contribution in [0.5, 0.6) is 0 Å². The van der Waals surface area contributed by atoms with Crippen molar-refractivity contribution in [1.29, 1.82) is 0 Å². The fourth-order valence-corrected chi connectivity index (χ4v) is 2.36. The normalized spacial score (nSPS) is 19.3. The first-order chi connectivity index (χ1) is 7.40. The zero-order chi connectivity index (χ0) is 10.5. The fourth-order valence-electron chi connectivity index (χ4n) is 2.36. The van der Waals surface area contributed by atoms with E-state index < -0.39 is 0 Å². The van der Waals surface area contributed by atoms with Gasteiger partial charge in [-0.2, -0.15) is 0 Å². The second-order valence-electron chi connectivity index (χ2n) is 4.25. The molecule has 0 radical (unpaired) electrons. The number of aliphatic hydroxyl groups excluding tert-OH is 1. The summed E-state index contributed by atoms with van der Waals surface area (Å²) in [5.74, 6) is 0.723. The van der Waals surface area contributed by atoms with E-state index in [0.717, 1.165) is 25.6 Å².